The minimum absolute atomic E-state index is 0.000272. The van der Waals surface area contributed by atoms with Crippen molar-refractivity contribution in [2.75, 3.05) is 31.6 Å². The lowest BCUT2D eigenvalue weighted by molar-refractivity contribution is -0.145. The fourth-order valence-corrected chi connectivity index (χ4v) is 8.01. The number of aliphatic hydroxyl groups is 1. The molecule has 0 saturated carbocycles. The molecule has 3 saturated heterocycles. The number of nitrogens with zero attached hydrogens (tertiary/aromatic N) is 2. The SMILES string of the molecule is CCC(C)C1NC(=O)C2CCCN2C(=O)C(CC(C)C)NC(=O)C(CCS(C)=O)NC(=O)CNC(=O)C(C(C)O)NC(=O)C(CCC(N)=O)NC(=O)C2CCCN2C1=O. The van der Waals surface area contributed by atoms with Gasteiger partial charge in [0.25, 0.3) is 0 Å². The van der Waals surface area contributed by atoms with E-state index in [1.807, 2.05) is 20.8 Å². The van der Waals surface area contributed by atoms with Crippen LogP contribution in [0.5, 0.6) is 0 Å². The van der Waals surface area contributed by atoms with Gasteiger partial charge < -0.3 is 52.5 Å². The Morgan fingerprint density at radius 3 is 1.81 bits per heavy atom. The summed E-state index contributed by atoms with van der Waals surface area (Å²) in [6.07, 6.45) is 1.19. The molecule has 21 heteroatoms. The Morgan fingerprint density at radius 1 is 0.746 bits per heavy atom. The Hall–Kier alpha value is -4.66. The molecule has 3 heterocycles. The van der Waals surface area contributed by atoms with E-state index in [1.165, 1.54) is 23.0 Å². The van der Waals surface area contributed by atoms with Crippen LogP contribution in [0.3, 0.4) is 0 Å². The maximum Gasteiger partial charge on any atom is 0.246 e. The first-order chi connectivity index (χ1) is 27.7. The average Bonchev–Trinajstić information content (AvgIpc) is 3.87. The first kappa shape index (κ1) is 48.7. The number of nitrogens with two attached hydrogens (primary N) is 1. The van der Waals surface area contributed by atoms with Gasteiger partial charge in [0, 0.05) is 42.3 Å². The van der Waals surface area contributed by atoms with Crippen molar-refractivity contribution in [1.82, 2.24) is 41.7 Å². The van der Waals surface area contributed by atoms with Crippen LogP contribution >= 0.6 is 0 Å². The zero-order valence-corrected chi connectivity index (χ0v) is 35.7. The molecule has 9 amide bonds. The molecule has 3 rings (SSSR count). The van der Waals surface area contributed by atoms with Gasteiger partial charge in [-0.15, -0.1) is 0 Å². The van der Waals surface area contributed by atoms with Crippen molar-refractivity contribution in [3.05, 3.63) is 0 Å². The molecule has 59 heavy (non-hydrogen) atoms. The van der Waals surface area contributed by atoms with Gasteiger partial charge in [0.15, 0.2) is 0 Å². The predicted molar refractivity (Wildman–Crippen MR) is 215 cm³/mol. The Balaban J connectivity index is 2.08. The predicted octanol–water partition coefficient (Wildman–Crippen LogP) is -2.97. The van der Waals surface area contributed by atoms with Crippen LogP contribution in [0.1, 0.15) is 92.4 Å². The first-order valence-corrected chi connectivity index (χ1v) is 22.1. The van der Waals surface area contributed by atoms with Crippen LogP contribution in [0.2, 0.25) is 0 Å². The van der Waals surface area contributed by atoms with Gasteiger partial charge in [-0.05, 0) is 63.7 Å². The molecule has 3 fully saturated rings. The van der Waals surface area contributed by atoms with Crippen molar-refractivity contribution in [3.63, 3.8) is 0 Å². The van der Waals surface area contributed by atoms with E-state index >= 15 is 0 Å². The van der Waals surface area contributed by atoms with Crippen molar-refractivity contribution < 1.29 is 52.5 Å². The Morgan fingerprint density at radius 2 is 1.27 bits per heavy atom. The summed E-state index contributed by atoms with van der Waals surface area (Å²) in [6, 6.07) is -8.67. The lowest BCUT2D eigenvalue weighted by Gasteiger charge is -2.34. The Kier molecular flexibility index (Phi) is 18.7. The van der Waals surface area contributed by atoms with Crippen molar-refractivity contribution in [3.8, 4) is 0 Å². The van der Waals surface area contributed by atoms with E-state index in [9.17, 15) is 52.5 Å². The number of primary amides is 1. The molecule has 0 aromatic carbocycles. The summed E-state index contributed by atoms with van der Waals surface area (Å²) in [5.41, 5.74) is 5.35. The quantitative estimate of drug-likeness (QED) is 0.104. The van der Waals surface area contributed by atoms with E-state index in [0.29, 0.717) is 19.3 Å². The molecule has 0 aliphatic carbocycles. The number of amides is 9. The van der Waals surface area contributed by atoms with Gasteiger partial charge in [-0.2, -0.15) is 0 Å². The molecule has 9 N–H and O–H groups in total. The van der Waals surface area contributed by atoms with Gasteiger partial charge in [-0.25, -0.2) is 0 Å². The van der Waals surface area contributed by atoms with Crippen LogP contribution in [-0.2, 0) is 54.0 Å². The number of hydrogen-bond acceptors (Lipinski definition) is 11. The van der Waals surface area contributed by atoms with Gasteiger partial charge in [0.05, 0.1) is 12.6 Å². The summed E-state index contributed by atoms with van der Waals surface area (Å²) in [6.45, 7) is 8.15. The molecule has 0 spiro atoms. The summed E-state index contributed by atoms with van der Waals surface area (Å²) < 4.78 is 12.1. The molecule has 10 unspecified atom stereocenters. The highest BCUT2D eigenvalue weighted by atomic mass is 32.2. The molecular weight excluding hydrogens is 791 g/mol. The highest BCUT2D eigenvalue weighted by Crippen LogP contribution is 2.25. The van der Waals surface area contributed by atoms with Gasteiger partial charge in [0.1, 0.15) is 42.3 Å². The van der Waals surface area contributed by atoms with E-state index in [-0.39, 0.29) is 63.3 Å². The Labute approximate surface area is 347 Å². The molecule has 0 radical (unpaired) electrons. The van der Waals surface area contributed by atoms with E-state index < -0.39 is 125 Å². The first-order valence-electron chi connectivity index (χ1n) is 20.4. The standard InChI is InChI=1S/C38H63N9O11S/c1-7-21(4)30-38(57)47-16-9-10-26(47)34(53)42-23(12-13-28(39)49)33(52)45-31(22(5)48)36(55)40-19-29(50)41-24(14-17-59(6)58)32(51)43-25(18-20(2)3)37(56)46-15-8-11-27(46)35(54)44-30/h20-27,30-31,48H,7-19H2,1-6H3,(H2,39,49)(H,40,55)(H,41,50)(H,42,53)(H,43,51)(H,44,54)(H,45,52). The molecule has 20 nitrogen and oxygen atoms in total. The number of carbonyl (C=O) groups excluding carboxylic acids is 9. The lowest BCUT2D eigenvalue weighted by Crippen LogP contribution is -2.61. The normalized spacial score (nSPS) is 28.8. The van der Waals surface area contributed by atoms with Crippen LogP contribution in [-0.4, -0.2) is 152 Å². The summed E-state index contributed by atoms with van der Waals surface area (Å²) in [4.78, 5) is 125. The van der Waals surface area contributed by atoms with Gasteiger partial charge in [0.2, 0.25) is 53.2 Å². The average molecular weight is 854 g/mol. The molecule has 0 bridgehead atoms. The third kappa shape index (κ3) is 14.0. The molecule has 332 valence electrons. The van der Waals surface area contributed by atoms with Crippen molar-refractivity contribution >= 4 is 64.0 Å². The second-order valence-corrected chi connectivity index (χ2v) is 17.7. The number of aliphatic hydroxyl groups excluding tert-OH is 1. The Bertz CT molecular complexity index is 1610. The van der Waals surface area contributed by atoms with E-state index in [0.717, 1.165) is 0 Å². The number of fused-ring (bicyclic) bond motifs is 2. The monoisotopic (exact) mass is 853 g/mol. The molecule has 3 aliphatic heterocycles. The van der Waals surface area contributed by atoms with Gasteiger partial charge >= 0.3 is 0 Å². The number of rotatable bonds is 11. The molecule has 10 atom stereocenters. The van der Waals surface area contributed by atoms with Crippen molar-refractivity contribution in [2.45, 2.75) is 141 Å². The summed E-state index contributed by atoms with van der Waals surface area (Å²) in [5, 5.41) is 25.8. The number of carbonyl (C=O) groups is 9. The fourth-order valence-electron chi connectivity index (χ4n) is 7.44. The topological polar surface area (TPSA) is 296 Å². The summed E-state index contributed by atoms with van der Waals surface area (Å²) >= 11 is 0. The van der Waals surface area contributed by atoms with E-state index in [1.54, 1.807) is 6.92 Å². The molecule has 0 aromatic heterocycles. The molecule has 3 aliphatic rings. The van der Waals surface area contributed by atoms with Gasteiger partial charge in [-0.1, -0.05) is 34.1 Å². The molecular formula is C38H63N9O11S. The second-order valence-electron chi connectivity index (χ2n) is 16.1. The van der Waals surface area contributed by atoms with Crippen molar-refractivity contribution in [2.24, 2.45) is 17.6 Å². The van der Waals surface area contributed by atoms with Crippen LogP contribution in [0.25, 0.3) is 0 Å². The highest BCUT2D eigenvalue weighted by Gasteiger charge is 2.44. The lowest BCUT2D eigenvalue weighted by atomic mass is 9.96. The maximum absolute atomic E-state index is 14.3. The highest BCUT2D eigenvalue weighted by molar-refractivity contribution is 7.84. The van der Waals surface area contributed by atoms with Crippen LogP contribution in [0.4, 0.5) is 0 Å². The minimum Gasteiger partial charge on any atom is -0.391 e. The fraction of sp³-hybridized carbons (Fsp3) is 0.763. The molecule has 0 aromatic rings. The largest absolute Gasteiger partial charge is 0.391 e. The van der Waals surface area contributed by atoms with E-state index in [4.69, 9.17) is 5.73 Å². The second kappa shape index (κ2) is 22.6. The smallest absolute Gasteiger partial charge is 0.246 e. The van der Waals surface area contributed by atoms with E-state index in [2.05, 4.69) is 31.9 Å². The third-order valence-electron chi connectivity index (χ3n) is 10.9. The number of hydrogen-bond donors (Lipinski definition) is 8. The van der Waals surface area contributed by atoms with Crippen molar-refractivity contribution in [1.29, 1.82) is 0 Å². The van der Waals surface area contributed by atoms with Crippen LogP contribution in [0.15, 0.2) is 0 Å². The van der Waals surface area contributed by atoms with Crippen LogP contribution in [0, 0.1) is 11.8 Å². The minimum atomic E-state index is -1.66. The summed E-state index contributed by atoms with van der Waals surface area (Å²) in [7, 11) is -1.38. The van der Waals surface area contributed by atoms with Gasteiger partial charge in [-0.3, -0.25) is 47.4 Å². The summed E-state index contributed by atoms with van der Waals surface area (Å²) in [5.74, 6) is -7.24. The maximum atomic E-state index is 14.3. The zero-order valence-electron chi connectivity index (χ0n) is 34.9. The third-order valence-corrected chi connectivity index (χ3v) is 11.7. The van der Waals surface area contributed by atoms with Crippen LogP contribution < -0.4 is 37.6 Å². The zero-order chi connectivity index (χ0) is 44.1. The number of nitrogens with one attached hydrogen (secondary N) is 6.